The van der Waals surface area contributed by atoms with Crippen molar-refractivity contribution in [2.45, 2.75) is 19.1 Å². The Labute approximate surface area is 78.2 Å². The summed E-state index contributed by atoms with van der Waals surface area (Å²) in [4.78, 5) is 0. The highest BCUT2D eigenvalue weighted by atomic mass is 16.6. The van der Waals surface area contributed by atoms with E-state index in [1.807, 2.05) is 12.1 Å². The molecule has 1 aliphatic carbocycles. The molecule has 1 aromatic carbocycles. The number of hydrogen-bond donors (Lipinski definition) is 1. The molecule has 0 saturated carbocycles. The summed E-state index contributed by atoms with van der Waals surface area (Å²) in [6.45, 7) is 0. The number of ether oxygens (including phenoxy) is 1. The van der Waals surface area contributed by atoms with Crippen LogP contribution < -0.4 is 0 Å². The number of benzene rings is 1. The first kappa shape index (κ1) is 8.73. The number of rotatable bonds is 2. The zero-order valence-electron chi connectivity index (χ0n) is 7.73. The van der Waals surface area contributed by atoms with E-state index in [9.17, 15) is 5.11 Å². The van der Waals surface area contributed by atoms with E-state index in [2.05, 4.69) is 12.1 Å². The average Bonchev–Trinajstić information content (AvgIpc) is 2.59. The van der Waals surface area contributed by atoms with Gasteiger partial charge in [0.2, 0.25) is 0 Å². The lowest BCUT2D eigenvalue weighted by Crippen LogP contribution is -2.22. The zero-order valence-corrected chi connectivity index (χ0v) is 7.73. The summed E-state index contributed by atoms with van der Waals surface area (Å²) in [5.74, 6) is 0.238. The first-order valence-electron chi connectivity index (χ1n) is 4.59. The molecule has 0 aromatic heterocycles. The molecule has 0 heterocycles. The Bertz CT molecular complexity index is 271. The zero-order chi connectivity index (χ0) is 9.26. The van der Waals surface area contributed by atoms with Crippen molar-refractivity contribution in [2.75, 3.05) is 7.11 Å². The summed E-state index contributed by atoms with van der Waals surface area (Å²) in [5, 5.41) is 9.51. The van der Waals surface area contributed by atoms with Gasteiger partial charge in [-0.05, 0) is 24.0 Å². The van der Waals surface area contributed by atoms with Gasteiger partial charge in [-0.25, -0.2) is 0 Å². The fourth-order valence-electron chi connectivity index (χ4n) is 1.99. The van der Waals surface area contributed by atoms with E-state index < -0.39 is 6.29 Å². The highest BCUT2D eigenvalue weighted by Crippen LogP contribution is 2.28. The number of fused-ring (bicyclic) bond motifs is 1. The van der Waals surface area contributed by atoms with Crippen LogP contribution in [0, 0.1) is 5.92 Å². The molecule has 2 heteroatoms. The summed E-state index contributed by atoms with van der Waals surface area (Å²) in [7, 11) is 1.55. The summed E-state index contributed by atoms with van der Waals surface area (Å²) >= 11 is 0. The first-order valence-corrected chi connectivity index (χ1v) is 4.59. The number of aliphatic hydroxyl groups is 1. The van der Waals surface area contributed by atoms with Crippen LogP contribution in [0.3, 0.4) is 0 Å². The molecule has 0 spiro atoms. The third-order valence-electron chi connectivity index (χ3n) is 2.73. The molecule has 2 rings (SSSR count). The molecule has 1 atom stereocenters. The fraction of sp³-hybridized carbons (Fsp3) is 0.455. The molecule has 0 saturated heterocycles. The molecule has 0 radical (unpaired) electrons. The third-order valence-corrected chi connectivity index (χ3v) is 2.73. The molecule has 0 amide bonds. The van der Waals surface area contributed by atoms with Gasteiger partial charge in [0, 0.05) is 13.0 Å². The van der Waals surface area contributed by atoms with Crippen molar-refractivity contribution < 1.29 is 9.84 Å². The van der Waals surface area contributed by atoms with E-state index in [0.717, 1.165) is 12.8 Å². The lowest BCUT2D eigenvalue weighted by molar-refractivity contribution is -0.109. The minimum atomic E-state index is -0.618. The number of aliphatic hydroxyl groups excluding tert-OH is 1. The van der Waals surface area contributed by atoms with Crippen LogP contribution in [0.15, 0.2) is 24.3 Å². The predicted octanol–water partition coefficient (Wildman–Crippen LogP) is 1.37. The van der Waals surface area contributed by atoms with E-state index in [1.165, 1.54) is 11.1 Å². The summed E-state index contributed by atoms with van der Waals surface area (Å²) in [6.07, 6.45) is 1.25. The van der Waals surface area contributed by atoms with Crippen LogP contribution >= 0.6 is 0 Å². The van der Waals surface area contributed by atoms with Gasteiger partial charge in [-0.3, -0.25) is 0 Å². The Balaban J connectivity index is 2.14. The number of methoxy groups -OCH3 is 1. The quantitative estimate of drug-likeness (QED) is 0.693. The van der Waals surface area contributed by atoms with Crippen LogP contribution in [0.2, 0.25) is 0 Å². The summed E-state index contributed by atoms with van der Waals surface area (Å²) in [6, 6.07) is 8.33. The van der Waals surface area contributed by atoms with Crippen LogP contribution in [0.25, 0.3) is 0 Å². The van der Waals surface area contributed by atoms with E-state index in [1.54, 1.807) is 7.11 Å². The molecule has 13 heavy (non-hydrogen) atoms. The largest absolute Gasteiger partial charge is 0.368 e. The second-order valence-electron chi connectivity index (χ2n) is 3.56. The Hall–Kier alpha value is -0.860. The lowest BCUT2D eigenvalue weighted by atomic mass is 10.1. The molecule has 0 aliphatic heterocycles. The topological polar surface area (TPSA) is 29.5 Å². The lowest BCUT2D eigenvalue weighted by Gasteiger charge is -2.14. The third kappa shape index (κ3) is 1.60. The van der Waals surface area contributed by atoms with Crippen molar-refractivity contribution in [1.82, 2.24) is 0 Å². The van der Waals surface area contributed by atoms with E-state index in [-0.39, 0.29) is 5.92 Å². The normalized spacial score (nSPS) is 18.6. The monoisotopic (exact) mass is 178 g/mol. The minimum Gasteiger partial charge on any atom is -0.368 e. The summed E-state index contributed by atoms with van der Waals surface area (Å²) in [5.41, 5.74) is 2.70. The van der Waals surface area contributed by atoms with Crippen LogP contribution in [0.1, 0.15) is 11.1 Å². The van der Waals surface area contributed by atoms with Crippen molar-refractivity contribution in [2.24, 2.45) is 5.92 Å². The Kier molecular flexibility index (Phi) is 2.34. The van der Waals surface area contributed by atoms with Gasteiger partial charge in [0.25, 0.3) is 0 Å². The van der Waals surface area contributed by atoms with E-state index in [0.29, 0.717) is 0 Å². The van der Waals surface area contributed by atoms with Gasteiger partial charge in [-0.15, -0.1) is 0 Å². The van der Waals surface area contributed by atoms with Crippen LogP contribution in [0.5, 0.6) is 0 Å². The van der Waals surface area contributed by atoms with Crippen LogP contribution in [0.4, 0.5) is 0 Å². The Morgan fingerprint density at radius 3 is 2.31 bits per heavy atom. The first-order chi connectivity index (χ1) is 6.31. The van der Waals surface area contributed by atoms with Gasteiger partial charge in [-0.1, -0.05) is 24.3 Å². The molecule has 1 aliphatic rings. The fourth-order valence-corrected chi connectivity index (χ4v) is 1.99. The van der Waals surface area contributed by atoms with Crippen molar-refractivity contribution >= 4 is 0 Å². The van der Waals surface area contributed by atoms with Crippen molar-refractivity contribution in [3.63, 3.8) is 0 Å². The van der Waals surface area contributed by atoms with Gasteiger partial charge >= 0.3 is 0 Å². The molecule has 1 N–H and O–H groups in total. The highest BCUT2D eigenvalue weighted by Gasteiger charge is 2.26. The SMILES string of the molecule is COC(O)C1Cc2ccccc2C1. The molecule has 0 fully saturated rings. The molecular weight excluding hydrogens is 164 g/mol. The van der Waals surface area contributed by atoms with Crippen molar-refractivity contribution in [3.05, 3.63) is 35.4 Å². The average molecular weight is 178 g/mol. The molecule has 0 bridgehead atoms. The molecule has 1 aromatic rings. The standard InChI is InChI=1S/C11H14O2/c1-13-11(12)10-6-8-4-2-3-5-9(8)7-10/h2-5,10-12H,6-7H2,1H3. The molecule has 70 valence electrons. The van der Waals surface area contributed by atoms with Crippen LogP contribution in [-0.4, -0.2) is 18.5 Å². The minimum absolute atomic E-state index is 0.238. The van der Waals surface area contributed by atoms with Crippen molar-refractivity contribution in [3.8, 4) is 0 Å². The van der Waals surface area contributed by atoms with E-state index in [4.69, 9.17) is 4.74 Å². The molecule has 1 unspecified atom stereocenters. The Morgan fingerprint density at radius 1 is 1.31 bits per heavy atom. The molecular formula is C11H14O2. The maximum absolute atomic E-state index is 9.51. The van der Waals surface area contributed by atoms with Gasteiger partial charge in [0.15, 0.2) is 6.29 Å². The summed E-state index contributed by atoms with van der Waals surface area (Å²) < 4.78 is 4.92. The second-order valence-corrected chi connectivity index (χ2v) is 3.56. The number of hydrogen-bond acceptors (Lipinski definition) is 2. The molecule has 2 nitrogen and oxygen atoms in total. The highest BCUT2D eigenvalue weighted by molar-refractivity contribution is 5.32. The maximum Gasteiger partial charge on any atom is 0.157 e. The van der Waals surface area contributed by atoms with Crippen LogP contribution in [-0.2, 0) is 17.6 Å². The Morgan fingerprint density at radius 2 is 1.85 bits per heavy atom. The van der Waals surface area contributed by atoms with E-state index >= 15 is 0 Å². The van der Waals surface area contributed by atoms with Crippen molar-refractivity contribution in [1.29, 1.82) is 0 Å². The predicted molar refractivity (Wildman–Crippen MR) is 50.4 cm³/mol. The van der Waals surface area contributed by atoms with Gasteiger partial charge < -0.3 is 9.84 Å². The smallest absolute Gasteiger partial charge is 0.157 e. The van der Waals surface area contributed by atoms with Gasteiger partial charge in [-0.2, -0.15) is 0 Å². The maximum atomic E-state index is 9.51. The van der Waals surface area contributed by atoms with Gasteiger partial charge in [0.05, 0.1) is 0 Å². The van der Waals surface area contributed by atoms with Gasteiger partial charge in [0.1, 0.15) is 0 Å². The second kappa shape index (κ2) is 3.48.